The van der Waals surface area contributed by atoms with Gasteiger partial charge in [-0.3, -0.25) is 4.90 Å². The van der Waals surface area contributed by atoms with Crippen molar-refractivity contribution in [2.75, 3.05) is 19.7 Å². The molecule has 2 aliphatic rings. The van der Waals surface area contributed by atoms with Crippen LogP contribution < -0.4 is 4.74 Å². The third kappa shape index (κ3) is 6.28. The lowest BCUT2D eigenvalue weighted by Crippen LogP contribution is -2.34. The molecule has 7 nitrogen and oxygen atoms in total. The first kappa shape index (κ1) is 28.6. The quantitative estimate of drug-likeness (QED) is 0.217. The van der Waals surface area contributed by atoms with Crippen LogP contribution in [0.3, 0.4) is 0 Å². The van der Waals surface area contributed by atoms with Crippen LogP contribution >= 0.6 is 11.6 Å². The Hall–Kier alpha value is -3.53. The number of aryl methyl sites for hydroxylation is 1. The van der Waals surface area contributed by atoms with Crippen LogP contribution in [0.5, 0.6) is 5.75 Å². The van der Waals surface area contributed by atoms with E-state index in [1.165, 1.54) is 18.2 Å². The fourth-order valence-corrected chi connectivity index (χ4v) is 5.99. The van der Waals surface area contributed by atoms with E-state index in [0.29, 0.717) is 29.4 Å². The van der Waals surface area contributed by atoms with Crippen molar-refractivity contribution in [3.8, 4) is 5.75 Å². The molecule has 0 saturated carbocycles. The molecule has 1 atom stereocenters. The van der Waals surface area contributed by atoms with Crippen LogP contribution in [0, 0.1) is 11.6 Å². The van der Waals surface area contributed by atoms with E-state index in [2.05, 4.69) is 9.47 Å². The lowest BCUT2D eigenvalue weighted by atomic mass is 9.88. The number of imidazole rings is 1. The first-order valence-corrected chi connectivity index (χ1v) is 14.6. The third-order valence-corrected chi connectivity index (χ3v) is 8.54. The Bertz CT molecular complexity index is 1600. The number of nitrogens with zero attached hydrogens (tertiary/aromatic N) is 3. The van der Waals surface area contributed by atoms with Crippen LogP contribution in [0.25, 0.3) is 11.0 Å². The molecule has 1 N–H and O–H groups in total. The molecule has 0 unspecified atom stereocenters. The minimum Gasteiger partial charge on any atom is -0.488 e. The molecule has 2 aliphatic heterocycles. The van der Waals surface area contributed by atoms with E-state index in [1.54, 1.807) is 36.4 Å². The Morgan fingerprint density at radius 3 is 2.60 bits per heavy atom. The van der Waals surface area contributed by atoms with Crippen molar-refractivity contribution >= 4 is 28.6 Å². The maximum atomic E-state index is 14.3. The van der Waals surface area contributed by atoms with Gasteiger partial charge in [0.25, 0.3) is 0 Å². The second-order valence-electron chi connectivity index (χ2n) is 11.0. The van der Waals surface area contributed by atoms with Crippen LogP contribution in [0.4, 0.5) is 8.78 Å². The molecule has 4 aromatic rings. The molecule has 1 aromatic heterocycles. The zero-order valence-corrected chi connectivity index (χ0v) is 23.8. The van der Waals surface area contributed by atoms with Gasteiger partial charge in [-0.2, -0.15) is 0 Å². The van der Waals surface area contributed by atoms with E-state index in [0.717, 1.165) is 67.8 Å². The Morgan fingerprint density at radius 1 is 1.07 bits per heavy atom. The zero-order valence-electron chi connectivity index (χ0n) is 23.1. The van der Waals surface area contributed by atoms with Crippen LogP contribution in [-0.4, -0.2) is 51.3 Å². The molecule has 3 aromatic carbocycles. The van der Waals surface area contributed by atoms with Crippen molar-refractivity contribution < 1.29 is 28.2 Å². The highest BCUT2D eigenvalue weighted by Gasteiger charge is 2.26. The monoisotopic (exact) mass is 595 g/mol. The molecule has 42 heavy (non-hydrogen) atoms. The van der Waals surface area contributed by atoms with Gasteiger partial charge in [0.2, 0.25) is 0 Å². The summed E-state index contributed by atoms with van der Waals surface area (Å²) < 4.78 is 42.2. The number of aromatic nitrogens is 2. The summed E-state index contributed by atoms with van der Waals surface area (Å²) in [6.45, 7) is 3.73. The van der Waals surface area contributed by atoms with E-state index >= 15 is 0 Å². The van der Waals surface area contributed by atoms with Gasteiger partial charge in [-0.05, 0) is 86.7 Å². The number of fused-ring (bicyclic) bond motifs is 1. The fraction of sp³-hybridized carbons (Fsp3) is 0.375. The lowest BCUT2D eigenvalue weighted by Gasteiger charge is -2.33. The maximum Gasteiger partial charge on any atom is 0.335 e. The normalized spacial score (nSPS) is 17.8. The molecular weight excluding hydrogens is 564 g/mol. The number of halogens is 3. The predicted octanol–water partition coefficient (Wildman–Crippen LogP) is 6.80. The van der Waals surface area contributed by atoms with Gasteiger partial charge in [0.1, 0.15) is 29.8 Å². The van der Waals surface area contributed by atoms with Crippen molar-refractivity contribution in [3.05, 3.63) is 93.8 Å². The number of hydrogen-bond donors (Lipinski definition) is 1. The fourth-order valence-electron chi connectivity index (χ4n) is 5.83. The molecule has 220 valence electrons. The number of carbonyl (C=O) groups is 1. The van der Waals surface area contributed by atoms with Crippen LogP contribution in [-0.2, 0) is 24.4 Å². The summed E-state index contributed by atoms with van der Waals surface area (Å²) in [6.07, 6.45) is 3.81. The smallest absolute Gasteiger partial charge is 0.335 e. The van der Waals surface area contributed by atoms with Gasteiger partial charge < -0.3 is 19.1 Å². The van der Waals surface area contributed by atoms with Gasteiger partial charge in [0.15, 0.2) is 0 Å². The first-order valence-electron chi connectivity index (χ1n) is 14.3. The Kier molecular flexibility index (Phi) is 8.42. The first-order chi connectivity index (χ1) is 20.3. The maximum absolute atomic E-state index is 14.3. The number of ether oxygens (including phenoxy) is 2. The average molecular weight is 596 g/mol. The largest absolute Gasteiger partial charge is 0.488 e. The highest BCUT2D eigenvalue weighted by Crippen LogP contribution is 2.36. The molecule has 10 heteroatoms. The summed E-state index contributed by atoms with van der Waals surface area (Å²) in [5.74, 6) is -0.324. The second kappa shape index (κ2) is 12.4. The Labute approximate surface area is 247 Å². The van der Waals surface area contributed by atoms with Crippen molar-refractivity contribution in [2.24, 2.45) is 0 Å². The van der Waals surface area contributed by atoms with Crippen LogP contribution in [0.15, 0.2) is 54.6 Å². The lowest BCUT2D eigenvalue weighted by molar-refractivity contribution is -0.0564. The van der Waals surface area contributed by atoms with Gasteiger partial charge in [-0.15, -0.1) is 0 Å². The standard InChI is InChI=1S/C32H32ClF2N3O4/c33-23-3-1-22(27(35)16-23)19-42-30-17-24(34)4-5-26(30)20-7-11-37(12-8-20)18-31-36-28-6-2-21(32(39)40)15-29(28)38(31)13-9-25-10-14-41-25/h1-6,15-17,20,25H,7-14,18-19H2,(H,39,40)/t25-/m1/s1. The Balaban J connectivity index is 1.15. The van der Waals surface area contributed by atoms with Crippen LogP contribution in [0.1, 0.15) is 58.9 Å². The van der Waals surface area contributed by atoms with Crippen molar-refractivity contribution in [1.82, 2.24) is 14.5 Å². The molecule has 6 rings (SSSR count). The van der Waals surface area contributed by atoms with Crippen molar-refractivity contribution in [2.45, 2.75) is 57.4 Å². The number of hydrogen-bond acceptors (Lipinski definition) is 5. The number of likely N-dealkylation sites (tertiary alicyclic amines) is 1. The topological polar surface area (TPSA) is 76.8 Å². The summed E-state index contributed by atoms with van der Waals surface area (Å²) in [5, 5.41) is 9.83. The van der Waals surface area contributed by atoms with E-state index < -0.39 is 17.6 Å². The molecule has 0 radical (unpaired) electrons. The van der Waals surface area contributed by atoms with E-state index in [1.807, 2.05) is 0 Å². The van der Waals surface area contributed by atoms with Crippen molar-refractivity contribution in [3.63, 3.8) is 0 Å². The third-order valence-electron chi connectivity index (χ3n) is 8.31. The summed E-state index contributed by atoms with van der Waals surface area (Å²) in [4.78, 5) is 18.9. The number of piperidine rings is 1. The van der Waals surface area contributed by atoms with Gasteiger partial charge in [0, 0.05) is 29.8 Å². The molecule has 0 spiro atoms. The summed E-state index contributed by atoms with van der Waals surface area (Å²) in [6, 6.07) is 14.1. The second-order valence-corrected chi connectivity index (χ2v) is 11.5. The molecule has 0 bridgehead atoms. The van der Waals surface area contributed by atoms with Gasteiger partial charge in [0.05, 0.1) is 29.2 Å². The number of rotatable bonds is 10. The molecular formula is C32H32ClF2N3O4. The van der Waals surface area contributed by atoms with E-state index in [4.69, 9.17) is 26.1 Å². The molecule has 3 heterocycles. The van der Waals surface area contributed by atoms with E-state index in [9.17, 15) is 18.7 Å². The predicted molar refractivity (Wildman–Crippen MR) is 155 cm³/mol. The zero-order chi connectivity index (χ0) is 29.2. The van der Waals surface area contributed by atoms with Gasteiger partial charge in [-0.25, -0.2) is 18.6 Å². The number of benzene rings is 3. The molecule has 2 saturated heterocycles. The molecule has 0 amide bonds. The SMILES string of the molecule is O=C(O)c1ccc2nc(CN3CCC(c4ccc(F)cc4OCc4ccc(Cl)cc4F)CC3)n(CC[C@@H]3CCO3)c2c1. The number of carboxylic acid groups (broad SMARTS) is 1. The summed E-state index contributed by atoms with van der Waals surface area (Å²) in [5.41, 5.74) is 3.12. The molecule has 2 fully saturated rings. The highest BCUT2D eigenvalue weighted by molar-refractivity contribution is 6.30. The average Bonchev–Trinajstić information content (AvgIpc) is 3.28. The number of carboxylic acids is 1. The van der Waals surface area contributed by atoms with E-state index in [-0.39, 0.29) is 24.2 Å². The minimum absolute atomic E-state index is 0.0238. The van der Waals surface area contributed by atoms with Crippen LogP contribution in [0.2, 0.25) is 5.02 Å². The Morgan fingerprint density at radius 2 is 1.88 bits per heavy atom. The summed E-state index contributed by atoms with van der Waals surface area (Å²) >= 11 is 5.86. The molecule has 0 aliphatic carbocycles. The highest BCUT2D eigenvalue weighted by atomic mass is 35.5. The summed E-state index contributed by atoms with van der Waals surface area (Å²) in [7, 11) is 0. The minimum atomic E-state index is -0.960. The number of aromatic carboxylic acids is 1. The van der Waals surface area contributed by atoms with Gasteiger partial charge >= 0.3 is 5.97 Å². The van der Waals surface area contributed by atoms with Crippen molar-refractivity contribution in [1.29, 1.82) is 0 Å². The van der Waals surface area contributed by atoms with Gasteiger partial charge in [-0.1, -0.05) is 23.7 Å².